The molecule has 0 saturated carbocycles. The fourth-order valence-electron chi connectivity index (χ4n) is 3.59. The monoisotopic (exact) mass is 460 g/mol. The number of carbonyl (C=O) groups excluding carboxylic acids is 2. The molecular weight excluding hydrogens is 432 g/mol. The quantitative estimate of drug-likeness (QED) is 0.593. The van der Waals surface area contributed by atoms with Crippen molar-refractivity contribution in [1.29, 1.82) is 0 Å². The second-order valence-electron chi connectivity index (χ2n) is 7.55. The van der Waals surface area contributed by atoms with Crippen LogP contribution in [0.5, 0.6) is 11.5 Å². The SMILES string of the molecule is CCOc1cc(NC(=O)c2ccccc2)c(OCC)cc1NC(=O)C[C@H]1CCS(=O)(=O)C1. The van der Waals surface area contributed by atoms with Gasteiger partial charge in [0.05, 0.1) is 36.1 Å². The van der Waals surface area contributed by atoms with Crippen molar-refractivity contribution in [1.82, 2.24) is 0 Å². The number of carbonyl (C=O) groups is 2. The van der Waals surface area contributed by atoms with E-state index in [2.05, 4.69) is 10.6 Å². The fourth-order valence-corrected chi connectivity index (χ4v) is 5.45. The number of sulfone groups is 1. The lowest BCUT2D eigenvalue weighted by molar-refractivity contribution is -0.116. The van der Waals surface area contributed by atoms with Gasteiger partial charge < -0.3 is 20.1 Å². The Kier molecular flexibility index (Phi) is 7.74. The van der Waals surface area contributed by atoms with Crippen LogP contribution < -0.4 is 20.1 Å². The third kappa shape index (κ3) is 6.23. The molecule has 8 nitrogen and oxygen atoms in total. The Morgan fingerprint density at radius 3 is 2.09 bits per heavy atom. The first-order valence-corrected chi connectivity index (χ1v) is 12.4. The molecular formula is C23H28N2O6S. The summed E-state index contributed by atoms with van der Waals surface area (Å²) in [4.78, 5) is 25.2. The molecule has 1 aliphatic rings. The van der Waals surface area contributed by atoms with Gasteiger partial charge in [-0.15, -0.1) is 0 Å². The molecule has 2 amide bonds. The van der Waals surface area contributed by atoms with E-state index in [1.165, 1.54) is 0 Å². The lowest BCUT2D eigenvalue weighted by atomic mass is 10.0. The Morgan fingerprint density at radius 2 is 1.56 bits per heavy atom. The summed E-state index contributed by atoms with van der Waals surface area (Å²) in [7, 11) is -3.05. The van der Waals surface area contributed by atoms with Crippen LogP contribution in [0.1, 0.15) is 37.0 Å². The molecule has 9 heteroatoms. The van der Waals surface area contributed by atoms with Gasteiger partial charge in [-0.2, -0.15) is 0 Å². The zero-order valence-corrected chi connectivity index (χ0v) is 19.0. The molecule has 1 fully saturated rings. The lowest BCUT2D eigenvalue weighted by Crippen LogP contribution is -2.18. The Hall–Kier alpha value is -3.07. The smallest absolute Gasteiger partial charge is 0.255 e. The molecule has 3 rings (SSSR count). The summed E-state index contributed by atoms with van der Waals surface area (Å²) in [6, 6.07) is 12.0. The first-order chi connectivity index (χ1) is 15.3. The second kappa shape index (κ2) is 10.5. The minimum atomic E-state index is -3.05. The molecule has 1 heterocycles. The Balaban J connectivity index is 1.81. The maximum Gasteiger partial charge on any atom is 0.255 e. The molecule has 1 aliphatic heterocycles. The minimum absolute atomic E-state index is 0.0351. The summed E-state index contributed by atoms with van der Waals surface area (Å²) >= 11 is 0. The van der Waals surface area contributed by atoms with Gasteiger partial charge in [0, 0.05) is 24.1 Å². The van der Waals surface area contributed by atoms with E-state index in [0.717, 1.165) is 0 Å². The van der Waals surface area contributed by atoms with Crippen LogP contribution >= 0.6 is 0 Å². The van der Waals surface area contributed by atoms with E-state index < -0.39 is 9.84 Å². The summed E-state index contributed by atoms with van der Waals surface area (Å²) in [6.07, 6.45) is 0.601. The number of benzene rings is 2. The highest BCUT2D eigenvalue weighted by molar-refractivity contribution is 7.91. The summed E-state index contributed by atoms with van der Waals surface area (Å²) in [5.74, 6) is 0.147. The topological polar surface area (TPSA) is 111 Å². The molecule has 0 aromatic heterocycles. The highest BCUT2D eigenvalue weighted by atomic mass is 32.2. The van der Waals surface area contributed by atoms with Gasteiger partial charge in [-0.3, -0.25) is 9.59 Å². The van der Waals surface area contributed by atoms with E-state index in [9.17, 15) is 18.0 Å². The van der Waals surface area contributed by atoms with E-state index >= 15 is 0 Å². The van der Waals surface area contributed by atoms with Crippen molar-refractivity contribution in [2.75, 3.05) is 35.4 Å². The predicted octanol–water partition coefficient (Wildman–Crippen LogP) is 3.50. The van der Waals surface area contributed by atoms with Gasteiger partial charge in [-0.1, -0.05) is 18.2 Å². The van der Waals surface area contributed by atoms with Gasteiger partial charge in [0.25, 0.3) is 5.91 Å². The Labute approximate surface area is 188 Å². The van der Waals surface area contributed by atoms with Crippen molar-refractivity contribution in [2.24, 2.45) is 5.92 Å². The summed E-state index contributed by atoms with van der Waals surface area (Å²) in [5.41, 5.74) is 1.32. The van der Waals surface area contributed by atoms with Gasteiger partial charge in [0.15, 0.2) is 9.84 Å². The van der Waals surface area contributed by atoms with E-state index in [1.54, 1.807) is 36.4 Å². The lowest BCUT2D eigenvalue weighted by Gasteiger charge is -2.18. The van der Waals surface area contributed by atoms with Gasteiger partial charge in [-0.25, -0.2) is 8.42 Å². The van der Waals surface area contributed by atoms with E-state index in [4.69, 9.17) is 9.47 Å². The minimum Gasteiger partial charge on any atom is -0.492 e. The summed E-state index contributed by atoms with van der Waals surface area (Å²) < 4.78 is 34.7. The first kappa shape index (κ1) is 23.6. The van der Waals surface area contributed by atoms with E-state index in [1.807, 2.05) is 19.9 Å². The van der Waals surface area contributed by atoms with Crippen LogP contribution in [0.25, 0.3) is 0 Å². The maximum absolute atomic E-state index is 12.6. The van der Waals surface area contributed by atoms with Gasteiger partial charge in [0.1, 0.15) is 11.5 Å². The average molecular weight is 461 g/mol. The van der Waals surface area contributed by atoms with Gasteiger partial charge in [0.2, 0.25) is 5.91 Å². The number of amides is 2. The molecule has 2 N–H and O–H groups in total. The molecule has 0 spiro atoms. The zero-order chi connectivity index (χ0) is 23.1. The van der Waals surface area contributed by atoms with Crippen LogP contribution in [0, 0.1) is 5.92 Å². The molecule has 0 aliphatic carbocycles. The predicted molar refractivity (Wildman–Crippen MR) is 123 cm³/mol. The summed E-state index contributed by atoms with van der Waals surface area (Å²) in [6.45, 7) is 4.34. The molecule has 1 saturated heterocycles. The molecule has 2 aromatic rings. The fraction of sp³-hybridized carbons (Fsp3) is 0.391. The molecule has 2 aromatic carbocycles. The van der Waals surface area contributed by atoms with Crippen molar-refractivity contribution in [3.8, 4) is 11.5 Å². The van der Waals surface area contributed by atoms with Crippen LogP contribution in [0.2, 0.25) is 0 Å². The normalized spacial score (nSPS) is 16.9. The third-order valence-electron chi connectivity index (χ3n) is 5.04. The number of hydrogen-bond donors (Lipinski definition) is 2. The Bertz CT molecular complexity index is 1070. The first-order valence-electron chi connectivity index (χ1n) is 10.6. The zero-order valence-electron chi connectivity index (χ0n) is 18.2. The molecule has 1 atom stereocenters. The highest BCUT2D eigenvalue weighted by Gasteiger charge is 2.29. The maximum atomic E-state index is 12.6. The van der Waals surface area contributed by atoms with Gasteiger partial charge in [-0.05, 0) is 38.3 Å². The number of hydrogen-bond acceptors (Lipinski definition) is 6. The van der Waals surface area contributed by atoms with Crippen LogP contribution in [0.4, 0.5) is 11.4 Å². The van der Waals surface area contributed by atoms with Crippen LogP contribution in [0.15, 0.2) is 42.5 Å². The van der Waals surface area contributed by atoms with Crippen LogP contribution in [0.3, 0.4) is 0 Å². The number of nitrogens with one attached hydrogen (secondary N) is 2. The van der Waals surface area contributed by atoms with Gasteiger partial charge >= 0.3 is 0 Å². The van der Waals surface area contributed by atoms with Crippen LogP contribution in [-0.2, 0) is 14.6 Å². The summed E-state index contributed by atoms with van der Waals surface area (Å²) in [5, 5.41) is 5.64. The number of anilines is 2. The molecule has 0 bridgehead atoms. The second-order valence-corrected chi connectivity index (χ2v) is 9.78. The largest absolute Gasteiger partial charge is 0.492 e. The standard InChI is InChI=1S/C23H28N2O6S/c1-3-30-20-14-19(25-23(27)17-8-6-5-7-9-17)21(31-4-2)13-18(20)24-22(26)12-16-10-11-32(28,29)15-16/h5-9,13-14,16H,3-4,10-12,15H2,1-2H3,(H,24,26)(H,25,27)/t16-/m1/s1. The number of rotatable bonds is 9. The van der Waals surface area contributed by atoms with Crippen molar-refractivity contribution in [3.05, 3.63) is 48.0 Å². The highest BCUT2D eigenvalue weighted by Crippen LogP contribution is 2.37. The van der Waals surface area contributed by atoms with Crippen molar-refractivity contribution >= 4 is 33.0 Å². The molecule has 172 valence electrons. The van der Waals surface area contributed by atoms with Crippen molar-refractivity contribution in [3.63, 3.8) is 0 Å². The van der Waals surface area contributed by atoms with E-state index in [0.29, 0.717) is 48.1 Å². The number of ether oxygens (including phenoxy) is 2. The molecule has 0 unspecified atom stereocenters. The van der Waals surface area contributed by atoms with Crippen LogP contribution in [-0.4, -0.2) is 45.0 Å². The third-order valence-corrected chi connectivity index (χ3v) is 6.88. The van der Waals surface area contributed by atoms with E-state index in [-0.39, 0.29) is 35.7 Å². The molecule has 0 radical (unpaired) electrons. The van der Waals surface area contributed by atoms with Crippen molar-refractivity contribution in [2.45, 2.75) is 26.7 Å². The Morgan fingerprint density at radius 1 is 0.969 bits per heavy atom. The average Bonchev–Trinajstić information content (AvgIpc) is 3.09. The van der Waals surface area contributed by atoms with Crippen molar-refractivity contribution < 1.29 is 27.5 Å². The molecule has 32 heavy (non-hydrogen) atoms.